The zero-order chi connectivity index (χ0) is 20.1. The smallest absolute Gasteiger partial charge is 0.258 e. The predicted molar refractivity (Wildman–Crippen MR) is 112 cm³/mol. The van der Waals surface area contributed by atoms with Gasteiger partial charge in [0.1, 0.15) is 5.75 Å². The van der Waals surface area contributed by atoms with Gasteiger partial charge in [-0.2, -0.15) is 0 Å². The number of likely N-dealkylation sites (tertiary alicyclic amines) is 1. The van der Waals surface area contributed by atoms with Crippen LogP contribution in [0.1, 0.15) is 47.2 Å². The summed E-state index contributed by atoms with van der Waals surface area (Å²) in [6.45, 7) is 2.95. The SMILES string of the molecule is O=C(COc1ccc2c(c1)CCCC2=O)NC1CCN(Cc2ccccc2)CC1. The number of benzene rings is 2. The van der Waals surface area contributed by atoms with E-state index in [0.717, 1.165) is 56.4 Å². The molecule has 1 N–H and O–H groups in total. The Morgan fingerprint density at radius 2 is 1.86 bits per heavy atom. The predicted octanol–water partition coefficient (Wildman–Crippen LogP) is 3.37. The summed E-state index contributed by atoms with van der Waals surface area (Å²) in [5, 5.41) is 3.10. The van der Waals surface area contributed by atoms with E-state index < -0.39 is 0 Å². The summed E-state index contributed by atoms with van der Waals surface area (Å²) in [5.41, 5.74) is 3.16. The molecule has 152 valence electrons. The van der Waals surface area contributed by atoms with Crippen LogP contribution in [-0.2, 0) is 17.8 Å². The van der Waals surface area contributed by atoms with Gasteiger partial charge in [-0.15, -0.1) is 0 Å². The Morgan fingerprint density at radius 1 is 1.07 bits per heavy atom. The highest BCUT2D eigenvalue weighted by molar-refractivity contribution is 5.98. The maximum atomic E-state index is 12.3. The van der Waals surface area contributed by atoms with Gasteiger partial charge in [0, 0.05) is 37.7 Å². The van der Waals surface area contributed by atoms with E-state index in [1.165, 1.54) is 5.56 Å². The number of carbonyl (C=O) groups excluding carboxylic acids is 2. The van der Waals surface area contributed by atoms with E-state index in [0.29, 0.717) is 12.2 Å². The minimum absolute atomic E-state index is 0.0109. The minimum atomic E-state index is -0.0830. The Morgan fingerprint density at radius 3 is 2.66 bits per heavy atom. The summed E-state index contributed by atoms with van der Waals surface area (Å²) in [6.07, 6.45) is 4.32. The Balaban J connectivity index is 1.20. The number of piperidine rings is 1. The van der Waals surface area contributed by atoms with E-state index in [9.17, 15) is 9.59 Å². The molecule has 2 aromatic carbocycles. The van der Waals surface area contributed by atoms with Crippen molar-refractivity contribution in [2.75, 3.05) is 19.7 Å². The van der Waals surface area contributed by atoms with E-state index >= 15 is 0 Å². The fourth-order valence-electron chi connectivity index (χ4n) is 4.21. The Kier molecular flexibility index (Phi) is 6.25. The van der Waals surface area contributed by atoms with Gasteiger partial charge in [-0.1, -0.05) is 30.3 Å². The van der Waals surface area contributed by atoms with Crippen molar-refractivity contribution < 1.29 is 14.3 Å². The van der Waals surface area contributed by atoms with Crippen LogP contribution in [0.3, 0.4) is 0 Å². The number of fused-ring (bicyclic) bond motifs is 1. The van der Waals surface area contributed by atoms with E-state index in [2.05, 4.69) is 34.5 Å². The lowest BCUT2D eigenvalue weighted by Crippen LogP contribution is -2.45. The van der Waals surface area contributed by atoms with E-state index in [4.69, 9.17) is 4.74 Å². The average molecular weight is 392 g/mol. The van der Waals surface area contributed by atoms with Crippen LogP contribution in [0.25, 0.3) is 0 Å². The lowest BCUT2D eigenvalue weighted by Gasteiger charge is -2.32. The molecule has 2 aromatic rings. The molecule has 0 saturated carbocycles. The molecule has 0 radical (unpaired) electrons. The number of rotatable bonds is 6. The molecule has 1 aliphatic carbocycles. The van der Waals surface area contributed by atoms with Crippen LogP contribution in [0.2, 0.25) is 0 Å². The Labute approximate surface area is 172 Å². The molecule has 5 nitrogen and oxygen atoms in total. The summed E-state index contributed by atoms with van der Waals surface area (Å²) in [6, 6.07) is 16.2. The van der Waals surface area contributed by atoms with Crippen LogP contribution in [-0.4, -0.2) is 42.3 Å². The fraction of sp³-hybridized carbons (Fsp3) is 0.417. The number of nitrogens with one attached hydrogen (secondary N) is 1. The number of amides is 1. The van der Waals surface area contributed by atoms with Gasteiger partial charge in [0.05, 0.1) is 0 Å². The normalized spacial score (nSPS) is 17.6. The van der Waals surface area contributed by atoms with Crippen molar-refractivity contribution in [1.29, 1.82) is 0 Å². The van der Waals surface area contributed by atoms with Gasteiger partial charge in [-0.05, 0) is 55.0 Å². The first kappa shape index (κ1) is 19.6. The number of aryl methyl sites for hydroxylation is 1. The molecule has 1 amide bonds. The number of ether oxygens (including phenoxy) is 1. The van der Waals surface area contributed by atoms with Gasteiger partial charge in [0.15, 0.2) is 12.4 Å². The van der Waals surface area contributed by atoms with Gasteiger partial charge in [-0.3, -0.25) is 14.5 Å². The molecule has 0 aromatic heterocycles. The highest BCUT2D eigenvalue weighted by Gasteiger charge is 2.21. The van der Waals surface area contributed by atoms with Crippen molar-refractivity contribution >= 4 is 11.7 Å². The second kappa shape index (κ2) is 9.23. The Hall–Kier alpha value is -2.66. The van der Waals surface area contributed by atoms with Crippen molar-refractivity contribution in [3.8, 4) is 5.75 Å². The third-order valence-electron chi connectivity index (χ3n) is 5.80. The molecule has 0 spiro atoms. The van der Waals surface area contributed by atoms with Gasteiger partial charge in [0.25, 0.3) is 5.91 Å². The van der Waals surface area contributed by atoms with Gasteiger partial charge in [0.2, 0.25) is 0 Å². The lowest BCUT2D eigenvalue weighted by molar-refractivity contribution is -0.124. The summed E-state index contributed by atoms with van der Waals surface area (Å²) in [7, 11) is 0. The first-order valence-corrected chi connectivity index (χ1v) is 10.5. The van der Waals surface area contributed by atoms with Crippen molar-refractivity contribution in [2.24, 2.45) is 0 Å². The van der Waals surface area contributed by atoms with Crippen LogP contribution >= 0.6 is 0 Å². The van der Waals surface area contributed by atoms with Crippen LogP contribution in [0.5, 0.6) is 5.75 Å². The third-order valence-corrected chi connectivity index (χ3v) is 5.80. The van der Waals surface area contributed by atoms with Crippen molar-refractivity contribution in [2.45, 2.75) is 44.7 Å². The molecular weight excluding hydrogens is 364 g/mol. The number of hydrogen-bond acceptors (Lipinski definition) is 4. The van der Waals surface area contributed by atoms with E-state index in [1.807, 2.05) is 18.2 Å². The zero-order valence-corrected chi connectivity index (χ0v) is 16.7. The monoisotopic (exact) mass is 392 g/mol. The second-order valence-corrected chi connectivity index (χ2v) is 7.99. The topological polar surface area (TPSA) is 58.6 Å². The standard InChI is InChI=1S/C24H28N2O3/c27-23-8-4-7-19-15-21(9-10-22(19)23)29-17-24(28)25-20-11-13-26(14-12-20)16-18-5-2-1-3-6-18/h1-3,5-6,9-10,15,20H,4,7-8,11-14,16-17H2,(H,25,28). The quantitative estimate of drug-likeness (QED) is 0.819. The van der Waals surface area contributed by atoms with Crippen LogP contribution in [0.4, 0.5) is 0 Å². The summed E-state index contributed by atoms with van der Waals surface area (Å²) in [5.74, 6) is 0.778. The molecule has 1 saturated heterocycles. The molecule has 1 fully saturated rings. The van der Waals surface area contributed by atoms with Gasteiger partial charge in [-0.25, -0.2) is 0 Å². The molecule has 0 unspecified atom stereocenters. The largest absolute Gasteiger partial charge is 0.484 e. The lowest BCUT2D eigenvalue weighted by atomic mass is 9.91. The molecule has 2 aliphatic rings. The maximum absolute atomic E-state index is 12.3. The molecule has 0 bridgehead atoms. The summed E-state index contributed by atoms with van der Waals surface area (Å²) < 4.78 is 5.68. The maximum Gasteiger partial charge on any atom is 0.258 e. The minimum Gasteiger partial charge on any atom is -0.484 e. The highest BCUT2D eigenvalue weighted by Crippen LogP contribution is 2.25. The number of carbonyl (C=O) groups is 2. The number of Topliss-reactive ketones (excluding diaryl/α,β-unsaturated/α-hetero) is 1. The summed E-state index contributed by atoms with van der Waals surface area (Å²) >= 11 is 0. The van der Waals surface area contributed by atoms with Gasteiger partial charge >= 0.3 is 0 Å². The van der Waals surface area contributed by atoms with Crippen molar-refractivity contribution in [1.82, 2.24) is 10.2 Å². The van der Waals surface area contributed by atoms with Gasteiger partial charge < -0.3 is 10.1 Å². The van der Waals surface area contributed by atoms with Crippen LogP contribution in [0, 0.1) is 0 Å². The van der Waals surface area contributed by atoms with Crippen molar-refractivity contribution in [3.05, 3.63) is 65.2 Å². The molecule has 1 heterocycles. The van der Waals surface area contributed by atoms with E-state index in [1.54, 1.807) is 6.07 Å². The first-order chi connectivity index (χ1) is 14.2. The number of hydrogen-bond donors (Lipinski definition) is 1. The molecule has 5 heteroatoms. The van der Waals surface area contributed by atoms with Crippen molar-refractivity contribution in [3.63, 3.8) is 0 Å². The van der Waals surface area contributed by atoms with Crippen LogP contribution in [0.15, 0.2) is 48.5 Å². The fourth-order valence-corrected chi connectivity index (χ4v) is 4.21. The van der Waals surface area contributed by atoms with Crippen LogP contribution < -0.4 is 10.1 Å². The Bertz CT molecular complexity index is 858. The van der Waals surface area contributed by atoms with E-state index in [-0.39, 0.29) is 24.3 Å². The molecule has 4 rings (SSSR count). The molecule has 29 heavy (non-hydrogen) atoms. The molecule has 0 atom stereocenters. The molecule has 1 aliphatic heterocycles. The highest BCUT2D eigenvalue weighted by atomic mass is 16.5. The average Bonchev–Trinajstić information content (AvgIpc) is 2.74. The molecular formula is C24H28N2O3. The number of ketones is 1. The number of nitrogens with zero attached hydrogens (tertiary/aromatic N) is 1. The second-order valence-electron chi connectivity index (χ2n) is 7.99. The summed E-state index contributed by atoms with van der Waals surface area (Å²) in [4.78, 5) is 26.6. The zero-order valence-electron chi connectivity index (χ0n) is 16.7. The third kappa shape index (κ3) is 5.24. The first-order valence-electron chi connectivity index (χ1n) is 10.5.